The van der Waals surface area contributed by atoms with Crippen LogP contribution in [0.15, 0.2) is 48.6 Å². The maximum Gasteiger partial charge on any atom is 0.472 e. The number of aliphatic hydroxyl groups is 1. The summed E-state index contributed by atoms with van der Waals surface area (Å²) in [5.74, 6) is -0.915. The van der Waals surface area contributed by atoms with E-state index in [2.05, 4.69) is 43.4 Å². The molecule has 0 heterocycles. The Morgan fingerprint density at radius 3 is 1.72 bits per heavy atom. The Balaban J connectivity index is 4.33. The lowest BCUT2D eigenvalue weighted by molar-refractivity contribution is -0.161. The van der Waals surface area contributed by atoms with Crippen molar-refractivity contribution in [3.63, 3.8) is 0 Å². The molecule has 0 saturated heterocycles. The second kappa shape index (κ2) is 35.3. The Morgan fingerprint density at radius 1 is 0.680 bits per heavy atom. The Kier molecular flexibility index (Phi) is 33.9. The Bertz CT molecular complexity index is 981. The summed E-state index contributed by atoms with van der Waals surface area (Å²) in [4.78, 5) is 34.6. The van der Waals surface area contributed by atoms with Crippen LogP contribution in [0.3, 0.4) is 0 Å². The van der Waals surface area contributed by atoms with Crippen LogP contribution in [0.25, 0.3) is 0 Å². The molecular weight excluding hydrogens is 657 g/mol. The summed E-state index contributed by atoms with van der Waals surface area (Å²) in [6.45, 7) is 3.18. The lowest BCUT2D eigenvalue weighted by Crippen LogP contribution is -2.29. The van der Waals surface area contributed by atoms with E-state index >= 15 is 0 Å². The molecule has 10 nitrogen and oxygen atoms in total. The van der Waals surface area contributed by atoms with Crippen LogP contribution < -0.4 is 5.73 Å². The van der Waals surface area contributed by atoms with Crippen LogP contribution >= 0.6 is 7.82 Å². The molecular formula is C39H70NO9P. The smallest absolute Gasteiger partial charge is 0.462 e. The molecule has 1 unspecified atom stereocenters. The van der Waals surface area contributed by atoms with Gasteiger partial charge in [0.25, 0.3) is 0 Å². The second-order valence-corrected chi connectivity index (χ2v) is 14.2. The molecule has 0 aromatic rings. The fourth-order valence-corrected chi connectivity index (χ4v) is 5.64. The van der Waals surface area contributed by atoms with Gasteiger partial charge in [0, 0.05) is 19.4 Å². The number of nitrogens with two attached hydrogens (primary N) is 1. The number of phosphoric ester groups is 1. The molecule has 3 atom stereocenters. The largest absolute Gasteiger partial charge is 0.472 e. The van der Waals surface area contributed by atoms with E-state index in [1.807, 2.05) is 19.1 Å². The number of carbonyl (C=O) groups excluding carboxylic acids is 2. The molecule has 0 aliphatic heterocycles. The maximum atomic E-state index is 12.5. The Morgan fingerprint density at radius 2 is 1.18 bits per heavy atom. The summed E-state index contributed by atoms with van der Waals surface area (Å²) in [5, 5.41) is 9.25. The van der Waals surface area contributed by atoms with E-state index in [-0.39, 0.29) is 38.7 Å². The highest BCUT2D eigenvalue weighted by molar-refractivity contribution is 7.47. The molecule has 0 aromatic heterocycles. The molecule has 290 valence electrons. The molecule has 0 fully saturated rings. The molecule has 0 spiro atoms. The zero-order valence-corrected chi connectivity index (χ0v) is 32.1. The Labute approximate surface area is 303 Å². The van der Waals surface area contributed by atoms with Crippen molar-refractivity contribution < 1.29 is 42.7 Å². The first-order chi connectivity index (χ1) is 24.2. The van der Waals surface area contributed by atoms with Gasteiger partial charge in [0.1, 0.15) is 6.61 Å². The number of carbonyl (C=O) groups is 2. The van der Waals surface area contributed by atoms with Crippen molar-refractivity contribution in [1.82, 2.24) is 0 Å². The molecule has 0 saturated carbocycles. The van der Waals surface area contributed by atoms with E-state index in [0.717, 1.165) is 57.8 Å². The molecule has 50 heavy (non-hydrogen) atoms. The number of phosphoric acid groups is 1. The second-order valence-electron chi connectivity index (χ2n) is 12.7. The molecule has 11 heteroatoms. The van der Waals surface area contributed by atoms with Crippen molar-refractivity contribution in [2.45, 2.75) is 161 Å². The highest BCUT2D eigenvalue weighted by atomic mass is 31.2. The van der Waals surface area contributed by atoms with Gasteiger partial charge in [-0.25, -0.2) is 4.57 Å². The molecule has 0 radical (unpaired) electrons. The monoisotopic (exact) mass is 727 g/mol. The summed E-state index contributed by atoms with van der Waals surface area (Å²) >= 11 is 0. The normalized spacial score (nSPS) is 14.6. The van der Waals surface area contributed by atoms with Crippen LogP contribution in [-0.4, -0.2) is 60.5 Å². The van der Waals surface area contributed by atoms with E-state index < -0.39 is 32.5 Å². The topological polar surface area (TPSA) is 155 Å². The quantitative estimate of drug-likeness (QED) is 0.0249. The van der Waals surface area contributed by atoms with Crippen LogP contribution in [0.5, 0.6) is 0 Å². The number of ether oxygens (including phenoxy) is 2. The van der Waals surface area contributed by atoms with Crippen molar-refractivity contribution in [3.05, 3.63) is 48.6 Å². The zero-order chi connectivity index (χ0) is 37.0. The first-order valence-corrected chi connectivity index (χ1v) is 20.6. The van der Waals surface area contributed by atoms with Crippen LogP contribution in [-0.2, 0) is 32.7 Å². The van der Waals surface area contributed by atoms with Crippen molar-refractivity contribution in [3.8, 4) is 0 Å². The number of allylic oxidation sites excluding steroid dienone is 8. The van der Waals surface area contributed by atoms with Crippen molar-refractivity contribution in [2.24, 2.45) is 5.73 Å². The number of hydrogen-bond acceptors (Lipinski definition) is 9. The third-order valence-electron chi connectivity index (χ3n) is 7.74. The molecule has 0 aliphatic carbocycles. The minimum atomic E-state index is -4.39. The predicted octanol–water partition coefficient (Wildman–Crippen LogP) is 9.35. The number of hydrogen-bond donors (Lipinski definition) is 3. The van der Waals surface area contributed by atoms with E-state index in [9.17, 15) is 24.2 Å². The molecule has 0 amide bonds. The van der Waals surface area contributed by atoms with Crippen LogP contribution in [0.1, 0.15) is 149 Å². The van der Waals surface area contributed by atoms with Crippen LogP contribution in [0, 0.1) is 0 Å². The number of unbranched alkanes of at least 4 members (excludes halogenated alkanes) is 12. The lowest BCUT2D eigenvalue weighted by atomic mass is 10.1. The van der Waals surface area contributed by atoms with Crippen molar-refractivity contribution in [2.75, 3.05) is 26.4 Å². The highest BCUT2D eigenvalue weighted by Gasteiger charge is 2.25. The van der Waals surface area contributed by atoms with Gasteiger partial charge in [-0.3, -0.25) is 18.6 Å². The van der Waals surface area contributed by atoms with Gasteiger partial charge in [0.05, 0.1) is 19.3 Å². The zero-order valence-electron chi connectivity index (χ0n) is 31.2. The van der Waals surface area contributed by atoms with E-state index in [4.69, 9.17) is 24.3 Å². The molecule has 0 aliphatic rings. The first kappa shape index (κ1) is 47.9. The molecule has 0 aromatic carbocycles. The number of aliphatic hydroxyl groups excluding tert-OH is 1. The summed E-state index contributed by atoms with van der Waals surface area (Å²) in [7, 11) is -4.39. The summed E-state index contributed by atoms with van der Waals surface area (Å²) in [5.41, 5.74) is 5.32. The fraction of sp³-hybridized carbons (Fsp3) is 0.744. The van der Waals surface area contributed by atoms with Crippen LogP contribution in [0.4, 0.5) is 0 Å². The first-order valence-electron chi connectivity index (χ1n) is 19.1. The minimum absolute atomic E-state index is 0.0386. The Hall–Kier alpha value is -2.07. The third kappa shape index (κ3) is 35.7. The SMILES string of the molecule is CCCCCCCCCCCCCC(=O)OC[C@H](COP(=O)(O)OCCN)OC(=O)CCC/C=C\C/C=C\C/C=C\C/C=C\CCC[C@H](C)O. The third-order valence-corrected chi connectivity index (χ3v) is 8.72. The van der Waals surface area contributed by atoms with Gasteiger partial charge in [-0.2, -0.15) is 0 Å². The van der Waals surface area contributed by atoms with E-state index in [0.29, 0.717) is 12.8 Å². The molecule has 4 N–H and O–H groups in total. The van der Waals surface area contributed by atoms with Gasteiger partial charge < -0.3 is 25.2 Å². The molecule has 0 bridgehead atoms. The van der Waals surface area contributed by atoms with E-state index in [1.54, 1.807) is 0 Å². The van der Waals surface area contributed by atoms with Gasteiger partial charge in [-0.05, 0) is 64.7 Å². The fourth-order valence-electron chi connectivity index (χ4n) is 4.88. The molecule has 0 rings (SSSR count). The summed E-state index contributed by atoms with van der Waals surface area (Å²) in [6.07, 6.45) is 35.7. The number of rotatable bonds is 35. The standard InChI is InChI=1S/C39H70NO9P/c1-3-4-5-6-7-8-14-18-21-24-27-30-38(42)46-34-37(35-48-50(44,45)47-33-32-40)49-39(43)31-28-25-22-19-16-13-11-9-10-12-15-17-20-23-26-29-36(2)41/h10-13,17,19-20,22,36-37,41H,3-9,14-16,18,21,23-35,40H2,1-2H3,(H,44,45)/b12-10-,13-11-,20-17-,22-19-/t36-,37+/m0/s1. The van der Waals surface area contributed by atoms with Gasteiger partial charge in [-0.1, -0.05) is 120 Å². The minimum Gasteiger partial charge on any atom is -0.462 e. The van der Waals surface area contributed by atoms with Crippen molar-refractivity contribution >= 4 is 19.8 Å². The van der Waals surface area contributed by atoms with Gasteiger partial charge in [0.2, 0.25) is 0 Å². The van der Waals surface area contributed by atoms with Gasteiger partial charge >= 0.3 is 19.8 Å². The average Bonchev–Trinajstić information content (AvgIpc) is 3.08. The van der Waals surface area contributed by atoms with Crippen molar-refractivity contribution in [1.29, 1.82) is 0 Å². The average molecular weight is 728 g/mol. The number of esters is 2. The maximum absolute atomic E-state index is 12.5. The summed E-state index contributed by atoms with van der Waals surface area (Å²) < 4.78 is 32.5. The van der Waals surface area contributed by atoms with Gasteiger partial charge in [0.15, 0.2) is 6.10 Å². The summed E-state index contributed by atoms with van der Waals surface area (Å²) in [6, 6.07) is 0. The van der Waals surface area contributed by atoms with E-state index in [1.165, 1.54) is 51.4 Å². The lowest BCUT2D eigenvalue weighted by Gasteiger charge is -2.19. The predicted molar refractivity (Wildman–Crippen MR) is 202 cm³/mol. The van der Waals surface area contributed by atoms with Crippen LogP contribution in [0.2, 0.25) is 0 Å². The highest BCUT2D eigenvalue weighted by Crippen LogP contribution is 2.43. The van der Waals surface area contributed by atoms with Gasteiger partial charge in [-0.15, -0.1) is 0 Å².